The fourth-order valence-corrected chi connectivity index (χ4v) is 2.91. The third-order valence-electron chi connectivity index (χ3n) is 4.15. The summed E-state index contributed by atoms with van der Waals surface area (Å²) in [7, 11) is 0. The summed E-state index contributed by atoms with van der Waals surface area (Å²) in [4.78, 5) is 15.3. The van der Waals surface area contributed by atoms with Gasteiger partial charge in [0.15, 0.2) is 5.76 Å². The van der Waals surface area contributed by atoms with Gasteiger partial charge in [-0.05, 0) is 17.2 Å². The van der Waals surface area contributed by atoms with Crippen LogP contribution in [-0.2, 0) is 13.0 Å². The van der Waals surface area contributed by atoms with Crippen LogP contribution in [0, 0.1) is 0 Å². The maximum Gasteiger partial charge on any atom is 0.422 e. The molecule has 0 aliphatic carbocycles. The van der Waals surface area contributed by atoms with Crippen LogP contribution in [0.3, 0.4) is 0 Å². The van der Waals surface area contributed by atoms with Gasteiger partial charge in [0.1, 0.15) is 0 Å². The Hall–Kier alpha value is -3.21. The zero-order valence-electron chi connectivity index (χ0n) is 12.9. The molecular formula is C19H16N2O3. The second kappa shape index (κ2) is 5.77. The lowest BCUT2D eigenvalue weighted by Gasteiger charge is -2.02. The molecule has 5 heteroatoms. The number of aromatic amines is 1. The first-order valence-electron chi connectivity index (χ1n) is 7.73. The second-order valence-electron chi connectivity index (χ2n) is 5.72. The monoisotopic (exact) mass is 320 g/mol. The Balaban J connectivity index is 1.67. The zero-order valence-corrected chi connectivity index (χ0v) is 12.9. The fourth-order valence-electron chi connectivity index (χ4n) is 2.91. The summed E-state index contributed by atoms with van der Waals surface area (Å²) < 4.78 is 6.53. The van der Waals surface area contributed by atoms with Crippen molar-refractivity contribution in [2.24, 2.45) is 0 Å². The third kappa shape index (κ3) is 2.50. The van der Waals surface area contributed by atoms with E-state index in [9.17, 15) is 9.90 Å². The van der Waals surface area contributed by atoms with E-state index in [-0.39, 0.29) is 18.2 Å². The summed E-state index contributed by atoms with van der Waals surface area (Å²) in [6, 6.07) is 17.4. The normalized spacial score (nSPS) is 11.2. The fraction of sp³-hybridized carbons (Fsp3) is 0.105. The quantitative estimate of drug-likeness (QED) is 0.606. The van der Waals surface area contributed by atoms with Crippen molar-refractivity contribution in [2.75, 3.05) is 0 Å². The highest BCUT2D eigenvalue weighted by Crippen LogP contribution is 2.25. The van der Waals surface area contributed by atoms with Crippen LogP contribution in [0.1, 0.15) is 16.9 Å². The average Bonchev–Trinajstić information content (AvgIpc) is 3.13. The largest absolute Gasteiger partial charge is 0.492 e. The van der Waals surface area contributed by atoms with Crippen molar-refractivity contribution >= 4 is 10.9 Å². The van der Waals surface area contributed by atoms with Gasteiger partial charge in [0.2, 0.25) is 5.88 Å². The summed E-state index contributed by atoms with van der Waals surface area (Å²) in [5.74, 6) is -0.388. The van der Waals surface area contributed by atoms with Gasteiger partial charge < -0.3 is 14.5 Å². The molecule has 0 unspecified atom stereocenters. The molecule has 4 rings (SSSR count). The lowest BCUT2D eigenvalue weighted by Crippen LogP contribution is -2.14. The van der Waals surface area contributed by atoms with Crippen LogP contribution in [0.15, 0.2) is 70.0 Å². The molecule has 0 atom stereocenters. The van der Waals surface area contributed by atoms with E-state index in [4.69, 9.17) is 4.42 Å². The number of nitrogens with zero attached hydrogens (tertiary/aromatic N) is 1. The molecule has 2 heterocycles. The third-order valence-corrected chi connectivity index (χ3v) is 4.15. The minimum atomic E-state index is -0.550. The summed E-state index contributed by atoms with van der Waals surface area (Å²) in [5.41, 5.74) is 2.91. The second-order valence-corrected chi connectivity index (χ2v) is 5.72. The van der Waals surface area contributed by atoms with E-state index in [1.54, 1.807) is 0 Å². The molecule has 0 amide bonds. The molecule has 0 fully saturated rings. The van der Waals surface area contributed by atoms with Crippen LogP contribution in [0.5, 0.6) is 5.88 Å². The molecule has 5 nitrogen and oxygen atoms in total. The van der Waals surface area contributed by atoms with Crippen molar-refractivity contribution in [3.8, 4) is 5.88 Å². The molecule has 24 heavy (non-hydrogen) atoms. The van der Waals surface area contributed by atoms with Crippen molar-refractivity contribution < 1.29 is 9.52 Å². The predicted octanol–water partition coefficient (Wildman–Crippen LogP) is 3.27. The first-order chi connectivity index (χ1) is 11.7. The van der Waals surface area contributed by atoms with Crippen LogP contribution in [0.4, 0.5) is 0 Å². The predicted molar refractivity (Wildman–Crippen MR) is 91.3 cm³/mol. The van der Waals surface area contributed by atoms with Gasteiger partial charge in [-0.1, -0.05) is 48.5 Å². The SMILES string of the molecule is O=c1oc(Cc2c[nH]c3ccccc23)c(O)n1Cc1ccccc1. The molecule has 0 saturated heterocycles. The molecule has 0 aliphatic heterocycles. The average molecular weight is 320 g/mol. The standard InChI is InChI=1S/C19H16N2O3/c22-18-17(10-14-11-20-16-9-5-4-8-15(14)16)24-19(23)21(18)12-13-6-2-1-3-7-13/h1-9,11,20,22H,10,12H2. The van der Waals surface area contributed by atoms with E-state index in [0.29, 0.717) is 6.42 Å². The molecule has 0 bridgehead atoms. The molecule has 0 spiro atoms. The highest BCUT2D eigenvalue weighted by molar-refractivity contribution is 5.83. The van der Waals surface area contributed by atoms with Crippen molar-refractivity contribution in [3.63, 3.8) is 0 Å². The highest BCUT2D eigenvalue weighted by Gasteiger charge is 2.17. The number of H-pyrrole nitrogens is 1. The zero-order chi connectivity index (χ0) is 16.5. The topological polar surface area (TPSA) is 71.2 Å². The summed E-state index contributed by atoms with van der Waals surface area (Å²) >= 11 is 0. The minimum Gasteiger partial charge on any atom is -0.492 e. The van der Waals surface area contributed by atoms with Crippen LogP contribution in [0.25, 0.3) is 10.9 Å². The Morgan fingerprint density at radius 3 is 2.62 bits per heavy atom. The van der Waals surface area contributed by atoms with Crippen molar-refractivity contribution in [1.29, 1.82) is 0 Å². The number of fused-ring (bicyclic) bond motifs is 1. The number of para-hydroxylation sites is 1. The summed E-state index contributed by atoms with van der Waals surface area (Å²) in [5, 5.41) is 11.5. The highest BCUT2D eigenvalue weighted by atomic mass is 16.4. The van der Waals surface area contributed by atoms with Gasteiger partial charge in [-0.15, -0.1) is 0 Å². The first kappa shape index (κ1) is 14.4. The van der Waals surface area contributed by atoms with E-state index in [0.717, 1.165) is 22.0 Å². The van der Waals surface area contributed by atoms with E-state index < -0.39 is 5.76 Å². The Labute approximate surface area is 137 Å². The molecular weight excluding hydrogens is 304 g/mol. The molecule has 2 N–H and O–H groups in total. The minimum absolute atomic E-state index is 0.117. The maximum absolute atomic E-state index is 12.1. The van der Waals surface area contributed by atoms with Gasteiger partial charge in [0, 0.05) is 23.5 Å². The van der Waals surface area contributed by atoms with Gasteiger partial charge in [0.25, 0.3) is 0 Å². The first-order valence-corrected chi connectivity index (χ1v) is 7.73. The van der Waals surface area contributed by atoms with E-state index >= 15 is 0 Å². The lowest BCUT2D eigenvalue weighted by molar-refractivity contribution is 0.414. The van der Waals surface area contributed by atoms with Gasteiger partial charge >= 0.3 is 5.76 Å². The molecule has 0 saturated carbocycles. The van der Waals surface area contributed by atoms with Crippen LogP contribution >= 0.6 is 0 Å². The van der Waals surface area contributed by atoms with Crippen molar-refractivity contribution in [1.82, 2.24) is 9.55 Å². The van der Waals surface area contributed by atoms with Crippen molar-refractivity contribution in [3.05, 3.63) is 88.2 Å². The van der Waals surface area contributed by atoms with Gasteiger partial charge in [0.05, 0.1) is 6.54 Å². The summed E-state index contributed by atoms with van der Waals surface area (Å²) in [6.07, 6.45) is 2.23. The molecule has 2 aromatic carbocycles. The van der Waals surface area contributed by atoms with Crippen molar-refractivity contribution in [2.45, 2.75) is 13.0 Å². The Morgan fingerprint density at radius 1 is 1.04 bits per heavy atom. The Kier molecular flexibility index (Phi) is 3.46. The van der Waals surface area contributed by atoms with E-state index in [1.165, 1.54) is 4.57 Å². The van der Waals surface area contributed by atoms with Crippen LogP contribution < -0.4 is 5.76 Å². The lowest BCUT2D eigenvalue weighted by atomic mass is 10.1. The number of hydrogen-bond acceptors (Lipinski definition) is 3. The summed E-state index contributed by atoms with van der Waals surface area (Å²) in [6.45, 7) is 0.281. The molecule has 4 aromatic rings. The number of benzene rings is 2. The smallest absolute Gasteiger partial charge is 0.422 e. The molecule has 120 valence electrons. The number of rotatable bonds is 4. The Morgan fingerprint density at radius 2 is 1.79 bits per heavy atom. The number of nitrogens with one attached hydrogen (secondary N) is 1. The molecule has 2 aromatic heterocycles. The van der Waals surface area contributed by atoms with E-state index in [2.05, 4.69) is 4.98 Å². The van der Waals surface area contributed by atoms with Gasteiger partial charge in [-0.2, -0.15) is 0 Å². The number of hydrogen-bond donors (Lipinski definition) is 2. The number of aromatic nitrogens is 2. The van der Waals surface area contributed by atoms with Crippen LogP contribution in [-0.4, -0.2) is 14.7 Å². The van der Waals surface area contributed by atoms with Crippen LogP contribution in [0.2, 0.25) is 0 Å². The Bertz CT molecular complexity index is 1040. The molecule has 0 aliphatic rings. The number of aromatic hydroxyl groups is 1. The van der Waals surface area contributed by atoms with E-state index in [1.807, 2.05) is 60.8 Å². The van der Waals surface area contributed by atoms with Gasteiger partial charge in [-0.3, -0.25) is 0 Å². The molecule has 0 radical (unpaired) electrons. The number of oxazole rings is 1. The maximum atomic E-state index is 12.1. The van der Waals surface area contributed by atoms with Gasteiger partial charge in [-0.25, -0.2) is 9.36 Å².